The zero-order valence-corrected chi connectivity index (χ0v) is 17.9. The fourth-order valence-electron chi connectivity index (χ4n) is 4.48. The predicted molar refractivity (Wildman–Crippen MR) is 116 cm³/mol. The summed E-state index contributed by atoms with van der Waals surface area (Å²) in [6.45, 7) is 3.20. The van der Waals surface area contributed by atoms with Crippen LogP contribution < -0.4 is 31.6 Å². The van der Waals surface area contributed by atoms with E-state index in [4.69, 9.17) is 4.74 Å². The number of piperidine rings is 1. The van der Waals surface area contributed by atoms with Crippen LogP contribution in [-0.4, -0.2) is 46.5 Å². The van der Waals surface area contributed by atoms with Crippen LogP contribution in [0.5, 0.6) is 5.75 Å². The number of hydrogen-bond donors (Lipinski definition) is 4. The Hall–Kier alpha value is -3.47. The number of fused-ring (bicyclic) bond motifs is 2. The van der Waals surface area contributed by atoms with Gasteiger partial charge in [-0.2, -0.15) is 0 Å². The number of carbonyl (C=O) groups is 2. The van der Waals surface area contributed by atoms with Crippen LogP contribution in [0.15, 0.2) is 17.2 Å². The number of pyridine rings is 1. The third kappa shape index (κ3) is 3.29. The van der Waals surface area contributed by atoms with Crippen LogP contribution in [0.3, 0.4) is 0 Å². The molecule has 168 valence electrons. The monoisotopic (exact) mass is 439 g/mol. The number of ether oxygens (including phenoxy) is 1. The smallest absolute Gasteiger partial charge is 0.276 e. The van der Waals surface area contributed by atoms with Gasteiger partial charge in [-0.25, -0.2) is 9.97 Å². The fraction of sp³-hybridized carbons (Fsp3) is 0.476. The van der Waals surface area contributed by atoms with E-state index in [-0.39, 0.29) is 46.4 Å². The Morgan fingerprint density at radius 1 is 1.22 bits per heavy atom. The molecule has 32 heavy (non-hydrogen) atoms. The Bertz CT molecular complexity index is 1170. The molecule has 1 saturated heterocycles. The zero-order valence-electron chi connectivity index (χ0n) is 17.9. The van der Waals surface area contributed by atoms with Gasteiger partial charge in [-0.15, -0.1) is 0 Å². The molecule has 1 aliphatic carbocycles. The highest BCUT2D eigenvalue weighted by Gasteiger charge is 2.45. The molecule has 0 atom stereocenters. The van der Waals surface area contributed by atoms with Gasteiger partial charge in [0.15, 0.2) is 11.6 Å². The van der Waals surface area contributed by atoms with E-state index in [0.29, 0.717) is 37.2 Å². The Morgan fingerprint density at radius 3 is 2.62 bits per heavy atom. The minimum absolute atomic E-state index is 0.00120. The van der Waals surface area contributed by atoms with Gasteiger partial charge in [0.2, 0.25) is 11.7 Å². The number of methoxy groups -OCH3 is 1. The van der Waals surface area contributed by atoms with Crippen LogP contribution in [-0.2, 0) is 10.5 Å². The molecule has 1 saturated carbocycles. The van der Waals surface area contributed by atoms with Crippen LogP contribution in [0, 0.1) is 12.8 Å². The molecule has 4 N–H and O–H groups in total. The molecule has 3 aliphatic rings. The molecular formula is C21H25N7O4. The van der Waals surface area contributed by atoms with E-state index in [1.165, 1.54) is 13.4 Å². The van der Waals surface area contributed by atoms with Crippen molar-refractivity contribution >= 4 is 29.1 Å². The number of anilines is 3. The van der Waals surface area contributed by atoms with E-state index in [0.717, 1.165) is 12.8 Å². The molecule has 2 fully saturated rings. The van der Waals surface area contributed by atoms with Crippen LogP contribution >= 0.6 is 0 Å². The molecule has 11 heteroatoms. The molecule has 2 aromatic heterocycles. The summed E-state index contributed by atoms with van der Waals surface area (Å²) < 4.78 is 7.03. The Balaban J connectivity index is 1.54. The maximum atomic E-state index is 13.5. The molecule has 0 bridgehead atoms. The topological polar surface area (TPSA) is 139 Å². The maximum Gasteiger partial charge on any atom is 0.276 e. The molecule has 0 radical (unpaired) electrons. The summed E-state index contributed by atoms with van der Waals surface area (Å²) in [5.41, 5.74) is 0.257. The number of amides is 2. The van der Waals surface area contributed by atoms with Gasteiger partial charge in [-0.3, -0.25) is 19.0 Å². The predicted octanol–water partition coefficient (Wildman–Crippen LogP) is 0.827. The molecule has 2 aliphatic heterocycles. The van der Waals surface area contributed by atoms with Crippen molar-refractivity contribution in [3.8, 4) is 5.75 Å². The summed E-state index contributed by atoms with van der Waals surface area (Å²) >= 11 is 0. The van der Waals surface area contributed by atoms with E-state index in [9.17, 15) is 14.4 Å². The highest BCUT2D eigenvalue weighted by molar-refractivity contribution is 5.97. The van der Waals surface area contributed by atoms with Gasteiger partial charge >= 0.3 is 0 Å². The minimum atomic E-state index is -0.740. The summed E-state index contributed by atoms with van der Waals surface area (Å²) in [6.07, 6.45) is 4.25. The standard InChI is InChI=1S/C21H25N7O4/c1-11-9-13(20(31)28-14(11)19(30)27-21(28)5-7-22-8-6-21)25-16-15(32-2)17(24-10-23-16)26-18(29)12-3-4-12/h9-10,12,22H,3-8H2,1-2H3,(H,27,30)(H2,23,24,25,26,29). The lowest BCUT2D eigenvalue weighted by Gasteiger charge is -2.35. The van der Waals surface area contributed by atoms with Gasteiger partial charge in [-0.05, 0) is 44.5 Å². The van der Waals surface area contributed by atoms with Crippen LogP contribution in [0.2, 0.25) is 0 Å². The lowest BCUT2D eigenvalue weighted by Crippen LogP contribution is -2.53. The molecule has 11 nitrogen and oxygen atoms in total. The second-order valence-electron chi connectivity index (χ2n) is 8.46. The lowest BCUT2D eigenvalue weighted by molar-refractivity contribution is -0.117. The lowest BCUT2D eigenvalue weighted by atomic mass is 9.98. The van der Waals surface area contributed by atoms with E-state index >= 15 is 0 Å². The number of aromatic nitrogens is 3. The zero-order chi connectivity index (χ0) is 22.5. The number of nitrogens with one attached hydrogen (secondary N) is 4. The fourth-order valence-corrected chi connectivity index (χ4v) is 4.48. The van der Waals surface area contributed by atoms with E-state index in [2.05, 4.69) is 31.2 Å². The van der Waals surface area contributed by atoms with Crippen molar-refractivity contribution < 1.29 is 14.3 Å². The van der Waals surface area contributed by atoms with Crippen molar-refractivity contribution in [1.29, 1.82) is 0 Å². The molecule has 1 spiro atoms. The van der Waals surface area contributed by atoms with Gasteiger partial charge in [0.05, 0.1) is 7.11 Å². The summed E-state index contributed by atoms with van der Waals surface area (Å²) in [6, 6.07) is 1.64. The van der Waals surface area contributed by atoms with E-state index in [1.807, 2.05) is 0 Å². The Labute approximate surface area is 184 Å². The van der Waals surface area contributed by atoms with Gasteiger partial charge in [0, 0.05) is 18.8 Å². The van der Waals surface area contributed by atoms with Crippen molar-refractivity contribution in [3.05, 3.63) is 34.0 Å². The van der Waals surface area contributed by atoms with Gasteiger partial charge in [0.1, 0.15) is 23.4 Å². The van der Waals surface area contributed by atoms with Gasteiger partial charge in [0.25, 0.3) is 11.5 Å². The summed E-state index contributed by atoms with van der Waals surface area (Å²) in [5, 5.41) is 12.1. The van der Waals surface area contributed by atoms with Crippen molar-refractivity contribution in [2.45, 2.75) is 38.3 Å². The minimum Gasteiger partial charge on any atom is -0.490 e. The third-order valence-electron chi connectivity index (χ3n) is 6.26. The first-order chi connectivity index (χ1) is 15.4. The number of hydrogen-bond acceptors (Lipinski definition) is 8. The highest BCUT2D eigenvalue weighted by Crippen LogP contribution is 2.36. The quantitative estimate of drug-likeness (QED) is 0.537. The molecular weight excluding hydrogens is 414 g/mol. The summed E-state index contributed by atoms with van der Waals surface area (Å²) in [5.74, 6) is 0.376. The number of nitrogens with zero attached hydrogens (tertiary/aromatic N) is 3. The SMILES string of the molecule is COc1c(NC(=O)C2CC2)ncnc1Nc1cc(C)c2n(c1=O)C1(CCNCC1)NC2=O. The second-order valence-corrected chi connectivity index (χ2v) is 8.46. The third-order valence-corrected chi connectivity index (χ3v) is 6.26. The van der Waals surface area contributed by atoms with Crippen LogP contribution in [0.25, 0.3) is 0 Å². The first-order valence-electron chi connectivity index (χ1n) is 10.7. The summed E-state index contributed by atoms with van der Waals surface area (Å²) in [4.78, 5) is 46.8. The number of rotatable bonds is 5. The Morgan fingerprint density at radius 2 is 1.94 bits per heavy atom. The Kier molecular flexibility index (Phi) is 4.85. The molecule has 0 aromatic carbocycles. The van der Waals surface area contributed by atoms with Crippen molar-refractivity contribution in [2.24, 2.45) is 5.92 Å². The van der Waals surface area contributed by atoms with Crippen LogP contribution in [0.4, 0.5) is 17.3 Å². The largest absolute Gasteiger partial charge is 0.490 e. The first kappa shape index (κ1) is 20.4. The molecule has 5 rings (SSSR count). The average molecular weight is 439 g/mol. The highest BCUT2D eigenvalue weighted by atomic mass is 16.5. The van der Waals surface area contributed by atoms with Crippen molar-refractivity contribution in [2.75, 3.05) is 30.8 Å². The normalized spacial score (nSPS) is 18.8. The van der Waals surface area contributed by atoms with Crippen molar-refractivity contribution in [1.82, 2.24) is 25.2 Å². The van der Waals surface area contributed by atoms with Gasteiger partial charge < -0.3 is 26.0 Å². The maximum absolute atomic E-state index is 13.5. The van der Waals surface area contributed by atoms with Crippen LogP contribution in [0.1, 0.15) is 41.7 Å². The van der Waals surface area contributed by atoms with E-state index < -0.39 is 5.66 Å². The van der Waals surface area contributed by atoms with Gasteiger partial charge in [-0.1, -0.05) is 0 Å². The molecule has 2 aromatic rings. The van der Waals surface area contributed by atoms with E-state index in [1.54, 1.807) is 17.6 Å². The molecule has 4 heterocycles. The average Bonchev–Trinajstić information content (AvgIpc) is 3.58. The number of carbonyl (C=O) groups excluding carboxylic acids is 2. The number of aryl methyl sites for hydroxylation is 1. The summed E-state index contributed by atoms with van der Waals surface area (Å²) in [7, 11) is 1.45. The first-order valence-corrected chi connectivity index (χ1v) is 10.7. The molecule has 2 amide bonds. The molecule has 0 unspecified atom stereocenters. The van der Waals surface area contributed by atoms with Crippen molar-refractivity contribution in [3.63, 3.8) is 0 Å². The second kappa shape index (κ2) is 7.59.